The van der Waals surface area contributed by atoms with Gasteiger partial charge in [0.25, 0.3) is 0 Å². The van der Waals surface area contributed by atoms with Crippen LogP contribution in [0, 0.1) is 5.95 Å². The maximum absolute atomic E-state index is 13.3. The average molecular weight is 380 g/mol. The van der Waals surface area contributed by atoms with Gasteiger partial charge in [-0.05, 0) is 36.8 Å². The molecule has 0 bridgehead atoms. The van der Waals surface area contributed by atoms with Crippen LogP contribution in [0.1, 0.15) is 17.3 Å². The van der Waals surface area contributed by atoms with Crippen molar-refractivity contribution in [3.63, 3.8) is 0 Å². The third-order valence-corrected chi connectivity index (χ3v) is 3.86. The fraction of sp³-hybridized carbons (Fsp3) is 0.105. The van der Waals surface area contributed by atoms with Gasteiger partial charge in [0.15, 0.2) is 0 Å². The number of pyridine rings is 3. The smallest absolute Gasteiger partial charge is 0.320 e. The summed E-state index contributed by atoms with van der Waals surface area (Å²) >= 11 is 0. The van der Waals surface area contributed by atoms with E-state index in [2.05, 4.69) is 25.6 Å². The van der Waals surface area contributed by atoms with Crippen LogP contribution in [0.5, 0.6) is 0 Å². The Hall–Kier alpha value is -3.88. The van der Waals surface area contributed by atoms with E-state index in [0.717, 1.165) is 0 Å². The van der Waals surface area contributed by atoms with Crippen LogP contribution in [0.2, 0.25) is 0 Å². The summed E-state index contributed by atoms with van der Waals surface area (Å²) in [6.07, 6.45) is 5.82. The summed E-state index contributed by atoms with van der Waals surface area (Å²) in [5, 5.41) is 5.24. The summed E-state index contributed by atoms with van der Waals surface area (Å²) in [7, 11) is 0. The molecule has 4 N–H and O–H groups in total. The van der Waals surface area contributed by atoms with Gasteiger partial charge in [0.05, 0.1) is 5.56 Å². The molecule has 0 unspecified atom stereocenters. The molecule has 0 aliphatic rings. The van der Waals surface area contributed by atoms with Crippen molar-refractivity contribution in [3.8, 4) is 22.3 Å². The number of aromatic nitrogens is 3. The number of nitrogens with one attached hydrogen (secondary N) is 2. The van der Waals surface area contributed by atoms with E-state index in [0.29, 0.717) is 34.6 Å². The number of carbonyl (C=O) groups excluding carboxylic acids is 2. The molecule has 3 rings (SSSR count). The van der Waals surface area contributed by atoms with E-state index < -0.39 is 17.9 Å². The Balaban J connectivity index is 2.10. The van der Waals surface area contributed by atoms with E-state index in [4.69, 9.17) is 5.73 Å². The lowest BCUT2D eigenvalue weighted by atomic mass is 9.97. The fourth-order valence-electron chi connectivity index (χ4n) is 2.57. The van der Waals surface area contributed by atoms with E-state index in [1.165, 1.54) is 24.7 Å². The monoisotopic (exact) mass is 380 g/mol. The first-order chi connectivity index (χ1) is 13.5. The van der Waals surface area contributed by atoms with Crippen molar-refractivity contribution in [1.29, 1.82) is 0 Å². The summed E-state index contributed by atoms with van der Waals surface area (Å²) < 4.78 is 13.3. The number of nitrogens with zero attached hydrogens (tertiary/aromatic N) is 3. The predicted molar refractivity (Wildman–Crippen MR) is 102 cm³/mol. The Morgan fingerprint density at radius 3 is 2.54 bits per heavy atom. The van der Waals surface area contributed by atoms with E-state index >= 15 is 0 Å². The van der Waals surface area contributed by atoms with Gasteiger partial charge in [-0.1, -0.05) is 0 Å². The number of halogens is 1. The van der Waals surface area contributed by atoms with Crippen molar-refractivity contribution in [1.82, 2.24) is 20.3 Å². The van der Waals surface area contributed by atoms with Gasteiger partial charge in [-0.3, -0.25) is 15.1 Å². The van der Waals surface area contributed by atoms with Crippen molar-refractivity contribution >= 4 is 17.8 Å². The number of anilines is 1. The second-order valence-electron chi connectivity index (χ2n) is 5.80. The molecule has 3 heterocycles. The number of rotatable bonds is 5. The van der Waals surface area contributed by atoms with Crippen molar-refractivity contribution < 1.29 is 14.0 Å². The Morgan fingerprint density at radius 1 is 1.04 bits per heavy atom. The fourth-order valence-corrected chi connectivity index (χ4v) is 2.57. The van der Waals surface area contributed by atoms with Crippen molar-refractivity contribution in [2.24, 2.45) is 5.73 Å². The highest BCUT2D eigenvalue weighted by molar-refractivity contribution is 5.95. The number of urea groups is 1. The molecule has 0 radical (unpaired) electrons. The molecule has 142 valence electrons. The van der Waals surface area contributed by atoms with Gasteiger partial charge in [-0.25, -0.2) is 14.8 Å². The van der Waals surface area contributed by atoms with E-state index in [1.807, 2.05) is 0 Å². The lowest BCUT2D eigenvalue weighted by molar-refractivity contribution is 0.1000. The van der Waals surface area contributed by atoms with Crippen LogP contribution in [0.25, 0.3) is 22.3 Å². The van der Waals surface area contributed by atoms with Crippen LogP contribution in [0.3, 0.4) is 0 Å². The van der Waals surface area contributed by atoms with Gasteiger partial charge in [0, 0.05) is 48.0 Å². The molecule has 0 saturated heterocycles. The molecule has 0 saturated carbocycles. The highest BCUT2D eigenvalue weighted by Gasteiger charge is 2.14. The number of hydrogen-bond donors (Lipinski definition) is 3. The molecule has 0 aliphatic carbocycles. The minimum absolute atomic E-state index is 0.241. The molecule has 0 spiro atoms. The zero-order valence-corrected chi connectivity index (χ0v) is 14.9. The van der Waals surface area contributed by atoms with E-state index in [1.54, 1.807) is 31.3 Å². The molecule has 3 aromatic heterocycles. The topological polar surface area (TPSA) is 123 Å². The van der Waals surface area contributed by atoms with Gasteiger partial charge >= 0.3 is 6.03 Å². The van der Waals surface area contributed by atoms with Gasteiger partial charge < -0.3 is 11.1 Å². The quantitative estimate of drug-likeness (QED) is 0.587. The third kappa shape index (κ3) is 4.26. The summed E-state index contributed by atoms with van der Waals surface area (Å²) in [6, 6.07) is 5.61. The number of hydrogen-bond acceptors (Lipinski definition) is 5. The van der Waals surface area contributed by atoms with E-state index in [-0.39, 0.29) is 5.56 Å². The molecule has 28 heavy (non-hydrogen) atoms. The first-order valence-corrected chi connectivity index (χ1v) is 8.40. The Morgan fingerprint density at radius 2 is 1.86 bits per heavy atom. The summed E-state index contributed by atoms with van der Waals surface area (Å²) in [5.41, 5.74) is 8.00. The maximum Gasteiger partial charge on any atom is 0.320 e. The first-order valence-electron chi connectivity index (χ1n) is 8.40. The molecule has 0 atom stereocenters. The SMILES string of the molecule is CCNC(=O)Nc1cc(-c2ccc(F)nc2)c(-c2cncc(C(N)=O)c2)cn1. The minimum atomic E-state index is -0.613. The standard InChI is InChI=1S/C19H17FN6O2/c1-2-23-19(28)26-17-6-14(11-3-4-16(20)24-9-11)15(10-25-17)12-5-13(18(21)27)8-22-7-12/h3-10H,2H2,1H3,(H2,21,27)(H2,23,25,26,28). The molecule has 9 heteroatoms. The lowest BCUT2D eigenvalue weighted by Gasteiger charge is -2.13. The van der Waals surface area contributed by atoms with E-state index in [9.17, 15) is 14.0 Å². The summed E-state index contributed by atoms with van der Waals surface area (Å²) in [4.78, 5) is 35.2. The van der Waals surface area contributed by atoms with Crippen LogP contribution >= 0.6 is 0 Å². The second kappa shape index (κ2) is 8.21. The van der Waals surface area contributed by atoms with Crippen LogP contribution in [-0.4, -0.2) is 33.4 Å². The number of primary amides is 1. The van der Waals surface area contributed by atoms with Crippen LogP contribution in [0.4, 0.5) is 15.0 Å². The van der Waals surface area contributed by atoms with Crippen molar-refractivity contribution in [2.45, 2.75) is 6.92 Å². The van der Waals surface area contributed by atoms with Crippen LogP contribution < -0.4 is 16.4 Å². The van der Waals surface area contributed by atoms with Crippen molar-refractivity contribution in [3.05, 3.63) is 60.6 Å². The Bertz CT molecular complexity index is 1020. The Kier molecular flexibility index (Phi) is 5.54. The largest absolute Gasteiger partial charge is 0.366 e. The molecule has 8 nitrogen and oxygen atoms in total. The number of amides is 3. The lowest BCUT2D eigenvalue weighted by Crippen LogP contribution is -2.28. The van der Waals surface area contributed by atoms with Gasteiger partial charge in [-0.15, -0.1) is 0 Å². The predicted octanol–water partition coefficient (Wildman–Crippen LogP) is 2.58. The zero-order valence-electron chi connectivity index (χ0n) is 14.9. The number of nitrogens with two attached hydrogens (primary N) is 1. The normalized spacial score (nSPS) is 10.4. The minimum Gasteiger partial charge on any atom is -0.366 e. The molecular formula is C19H17FN6O2. The van der Waals surface area contributed by atoms with Gasteiger partial charge in [0.1, 0.15) is 5.82 Å². The molecular weight excluding hydrogens is 363 g/mol. The summed E-state index contributed by atoms with van der Waals surface area (Å²) in [6.45, 7) is 2.26. The molecule has 0 aliphatic heterocycles. The summed E-state index contributed by atoms with van der Waals surface area (Å²) in [5.74, 6) is -0.924. The van der Waals surface area contributed by atoms with Gasteiger partial charge in [0.2, 0.25) is 11.9 Å². The third-order valence-electron chi connectivity index (χ3n) is 3.86. The second-order valence-corrected chi connectivity index (χ2v) is 5.80. The van der Waals surface area contributed by atoms with Gasteiger partial charge in [-0.2, -0.15) is 4.39 Å². The highest BCUT2D eigenvalue weighted by atomic mass is 19.1. The average Bonchev–Trinajstić information content (AvgIpc) is 2.69. The zero-order chi connectivity index (χ0) is 20.1. The van der Waals surface area contributed by atoms with Crippen LogP contribution in [0.15, 0.2) is 49.1 Å². The molecule has 3 aromatic rings. The molecule has 0 aromatic carbocycles. The first kappa shape index (κ1) is 18.9. The molecule has 0 fully saturated rings. The maximum atomic E-state index is 13.3. The van der Waals surface area contributed by atoms with Crippen LogP contribution in [-0.2, 0) is 0 Å². The number of carbonyl (C=O) groups is 2. The van der Waals surface area contributed by atoms with Crippen molar-refractivity contribution in [2.75, 3.05) is 11.9 Å². The Labute approximate surface area is 160 Å². The molecule has 3 amide bonds. The highest BCUT2D eigenvalue weighted by Crippen LogP contribution is 2.33.